The normalized spacial score (nSPS) is 11.7. The van der Waals surface area contributed by atoms with Crippen LogP contribution in [0.25, 0.3) is 9.81 Å². The fourth-order valence-electron chi connectivity index (χ4n) is 2.72. The monoisotopic (exact) mass is 606 g/mol. The summed E-state index contributed by atoms with van der Waals surface area (Å²) in [4.78, 5) is 3.72. The third-order valence-electron chi connectivity index (χ3n) is 4.35. The molecule has 0 aliphatic heterocycles. The molecule has 35 heavy (non-hydrogen) atoms. The molecule has 0 spiro atoms. The Morgan fingerprint density at radius 2 is 0.657 bits per heavy atom. The molecule has 0 bridgehead atoms. The fraction of sp³-hybridized carbons (Fsp3) is 0. The van der Waals surface area contributed by atoms with Crippen LogP contribution in [0.5, 0.6) is 0 Å². The smallest absolute Gasteiger partial charge is 0.0100 e. The molecule has 0 unspecified atom stereocenters. The molecule has 0 aliphatic carbocycles. The van der Waals surface area contributed by atoms with Gasteiger partial charge in [-0.3, -0.25) is 0 Å². The van der Waals surface area contributed by atoms with E-state index in [9.17, 15) is 0 Å². The predicted octanol–water partition coefficient (Wildman–Crippen LogP) is 8.40. The van der Waals surface area contributed by atoms with Crippen molar-refractivity contribution in [2.75, 3.05) is 0 Å². The zero-order chi connectivity index (χ0) is 24.2. The Morgan fingerprint density at radius 1 is 0.400 bits per heavy atom. The molecule has 0 aliphatic rings. The van der Waals surface area contributed by atoms with E-state index in [1.807, 2.05) is 121 Å². The van der Waals surface area contributed by atoms with Crippen molar-refractivity contribution in [1.29, 1.82) is 0 Å². The molecule has 0 saturated heterocycles. The summed E-state index contributed by atoms with van der Waals surface area (Å²) in [6.45, 7) is 0. The van der Waals surface area contributed by atoms with Crippen LogP contribution in [-0.4, -0.2) is 0 Å². The van der Waals surface area contributed by atoms with E-state index in [1.165, 1.54) is 0 Å². The molecule has 0 fully saturated rings. The molecule has 4 aromatic rings. The van der Waals surface area contributed by atoms with Crippen molar-refractivity contribution >= 4 is 83.8 Å². The van der Waals surface area contributed by atoms with Crippen molar-refractivity contribution in [3.63, 3.8) is 0 Å². The van der Waals surface area contributed by atoms with E-state index in [0.717, 1.165) is 39.2 Å². The summed E-state index contributed by atoms with van der Waals surface area (Å²) >= 11 is 24.6. The van der Waals surface area contributed by atoms with Gasteiger partial charge < -0.3 is 50.5 Å². The Labute approximate surface area is 249 Å². The molecular formula is C28H20NiS6-4. The summed E-state index contributed by atoms with van der Waals surface area (Å²) in [7, 11) is 0. The maximum atomic E-state index is 5.38. The van der Waals surface area contributed by atoms with Gasteiger partial charge in [0.25, 0.3) is 0 Å². The number of thioether (sulfide) groups is 2. The first kappa shape index (κ1) is 29.7. The maximum absolute atomic E-state index is 5.38. The van der Waals surface area contributed by atoms with Crippen LogP contribution in [0.3, 0.4) is 0 Å². The van der Waals surface area contributed by atoms with Crippen LogP contribution in [0.4, 0.5) is 0 Å². The Kier molecular flexibility index (Phi) is 13.8. The average Bonchev–Trinajstić information content (AvgIpc) is 2.90. The number of benzene rings is 4. The summed E-state index contributed by atoms with van der Waals surface area (Å²) in [5, 5.41) is 0. The summed E-state index contributed by atoms with van der Waals surface area (Å²) in [6.07, 6.45) is 0. The number of rotatable bonds is 6. The van der Waals surface area contributed by atoms with Crippen LogP contribution in [0, 0.1) is 0 Å². The van der Waals surface area contributed by atoms with Gasteiger partial charge in [0, 0.05) is 26.3 Å². The quantitative estimate of drug-likeness (QED) is 0.0928. The van der Waals surface area contributed by atoms with E-state index >= 15 is 0 Å². The van der Waals surface area contributed by atoms with Gasteiger partial charge in [-0.25, -0.2) is 0 Å². The van der Waals surface area contributed by atoms with E-state index in [1.54, 1.807) is 23.5 Å². The van der Waals surface area contributed by atoms with Gasteiger partial charge in [-0.05, 0) is 35.4 Å². The molecule has 0 heterocycles. The molecule has 4 aromatic carbocycles. The van der Waals surface area contributed by atoms with Crippen LogP contribution < -0.4 is 0 Å². The van der Waals surface area contributed by atoms with Crippen molar-refractivity contribution in [3.8, 4) is 0 Å². The second-order valence-corrected chi connectivity index (χ2v) is 11.1. The summed E-state index contributed by atoms with van der Waals surface area (Å²) in [5.41, 5.74) is 2.01. The molecule has 7 heteroatoms. The van der Waals surface area contributed by atoms with Crippen molar-refractivity contribution in [3.05, 3.63) is 141 Å². The third-order valence-corrected chi connectivity index (χ3v) is 8.58. The molecular weight excluding hydrogens is 587 g/mol. The Balaban J connectivity index is 0.000000241. The molecule has 4 rings (SSSR count). The first-order valence-electron chi connectivity index (χ1n) is 10.3. The molecule has 0 radical (unpaired) electrons. The van der Waals surface area contributed by atoms with E-state index in [2.05, 4.69) is 0 Å². The van der Waals surface area contributed by atoms with E-state index in [4.69, 9.17) is 50.5 Å². The zero-order valence-corrected chi connectivity index (χ0v) is 24.2. The molecule has 0 N–H and O–H groups in total. The van der Waals surface area contributed by atoms with Gasteiger partial charge in [0.05, 0.1) is 0 Å². The van der Waals surface area contributed by atoms with Crippen LogP contribution in [0.2, 0.25) is 0 Å². The van der Waals surface area contributed by atoms with Gasteiger partial charge in [-0.1, -0.05) is 97.1 Å². The van der Waals surface area contributed by atoms with Crippen LogP contribution in [0.15, 0.2) is 140 Å². The standard InChI is InChI=1S/C14H12S4.C14H12S2.Ni/c15-13(17-11-7-3-1-4-8-11)14(16)18-12-9-5-2-6-10-12;15-13(11-7-3-1-4-8-11)14(16)12-9-5-2-6-10-12;/h1-10,15-16H;1-10,15-16H;/p-4/b2*14-13-;. The second kappa shape index (κ2) is 16.2. The van der Waals surface area contributed by atoms with Gasteiger partial charge in [0.2, 0.25) is 0 Å². The minimum Gasteiger partial charge on any atom is -0.781 e. The molecule has 0 aromatic heterocycles. The SMILES string of the molecule is [Ni].[S-]/C(=C(\[S-])c1ccccc1)c1ccccc1.[S-]/C(Sc1ccccc1)=C(\[S-])Sc1ccccc1. The van der Waals surface area contributed by atoms with Gasteiger partial charge >= 0.3 is 0 Å². The number of hydrogen-bond acceptors (Lipinski definition) is 6. The van der Waals surface area contributed by atoms with E-state index in [0.29, 0.717) is 0 Å². The second-order valence-electron chi connectivity index (χ2n) is 6.80. The summed E-state index contributed by atoms with van der Waals surface area (Å²) in [6, 6.07) is 39.9. The zero-order valence-electron chi connectivity index (χ0n) is 18.3. The molecule has 0 amide bonds. The summed E-state index contributed by atoms with van der Waals surface area (Å²) < 4.78 is 1.51. The molecule has 0 nitrogen and oxygen atoms in total. The predicted molar refractivity (Wildman–Crippen MR) is 161 cm³/mol. The van der Waals surface area contributed by atoms with Gasteiger partial charge in [0.1, 0.15) is 0 Å². The fourth-order valence-corrected chi connectivity index (χ4v) is 5.48. The summed E-state index contributed by atoms with van der Waals surface area (Å²) in [5.74, 6) is 0. The van der Waals surface area contributed by atoms with Crippen molar-refractivity contribution < 1.29 is 16.5 Å². The van der Waals surface area contributed by atoms with Crippen LogP contribution in [-0.2, 0) is 67.0 Å². The first-order chi connectivity index (χ1) is 16.5. The van der Waals surface area contributed by atoms with Crippen molar-refractivity contribution in [2.24, 2.45) is 0 Å². The Hall–Kier alpha value is -1.57. The average molecular weight is 608 g/mol. The topological polar surface area (TPSA) is 0 Å². The largest absolute Gasteiger partial charge is 0.781 e. The van der Waals surface area contributed by atoms with Gasteiger partial charge in [0.15, 0.2) is 0 Å². The van der Waals surface area contributed by atoms with Crippen molar-refractivity contribution in [2.45, 2.75) is 9.79 Å². The maximum Gasteiger partial charge on any atom is 0.0100 e. The minimum atomic E-state index is 0. The van der Waals surface area contributed by atoms with E-state index < -0.39 is 0 Å². The Morgan fingerprint density at radius 3 is 0.943 bits per heavy atom. The van der Waals surface area contributed by atoms with Crippen LogP contribution >= 0.6 is 23.5 Å². The van der Waals surface area contributed by atoms with Crippen molar-refractivity contribution in [1.82, 2.24) is 0 Å². The molecule has 182 valence electrons. The van der Waals surface area contributed by atoms with Gasteiger partial charge in [-0.15, -0.1) is 32.0 Å². The third kappa shape index (κ3) is 10.1. The number of hydrogen-bond donors (Lipinski definition) is 0. The molecule has 0 atom stereocenters. The Bertz CT molecular complexity index is 1110. The minimum absolute atomic E-state index is 0. The van der Waals surface area contributed by atoms with Crippen LogP contribution in [0.1, 0.15) is 11.1 Å². The van der Waals surface area contributed by atoms with Gasteiger partial charge in [-0.2, -0.15) is 9.81 Å². The van der Waals surface area contributed by atoms with E-state index in [-0.39, 0.29) is 16.5 Å². The molecule has 0 saturated carbocycles. The first-order valence-corrected chi connectivity index (χ1v) is 13.5.